The van der Waals surface area contributed by atoms with E-state index in [1.807, 2.05) is 44.3 Å². The number of sulfonamides is 1. The lowest BCUT2D eigenvalue weighted by atomic mass is 10.1. The second kappa shape index (κ2) is 7.90. The van der Waals surface area contributed by atoms with Gasteiger partial charge in [0, 0.05) is 38.6 Å². The molecule has 23 heavy (non-hydrogen) atoms. The van der Waals surface area contributed by atoms with Gasteiger partial charge in [-0.2, -0.15) is 4.31 Å². The number of rotatable bonds is 6. The van der Waals surface area contributed by atoms with Gasteiger partial charge in [0.15, 0.2) is 0 Å². The maximum absolute atomic E-state index is 12.5. The first-order valence-electron chi connectivity index (χ1n) is 7.89. The molecule has 1 unspecified atom stereocenters. The quantitative estimate of drug-likeness (QED) is 0.820. The summed E-state index contributed by atoms with van der Waals surface area (Å²) >= 11 is 0. The molecule has 7 heteroatoms. The van der Waals surface area contributed by atoms with E-state index in [0.29, 0.717) is 32.7 Å². The van der Waals surface area contributed by atoms with Crippen molar-refractivity contribution < 1.29 is 13.2 Å². The predicted molar refractivity (Wildman–Crippen MR) is 90.3 cm³/mol. The number of benzene rings is 1. The summed E-state index contributed by atoms with van der Waals surface area (Å²) in [4.78, 5) is 14.0. The minimum atomic E-state index is -3.33. The third-order valence-corrected chi connectivity index (χ3v) is 5.92. The molecule has 0 bridgehead atoms. The Hall–Kier alpha value is -1.44. The van der Waals surface area contributed by atoms with Gasteiger partial charge in [0.05, 0.1) is 5.75 Å². The summed E-state index contributed by atoms with van der Waals surface area (Å²) in [6, 6.07) is 9.18. The van der Waals surface area contributed by atoms with Crippen molar-refractivity contribution >= 4 is 15.9 Å². The number of carbonyl (C=O) groups excluding carboxylic acids is 1. The SMILES string of the molecule is CNCC(C)C(=O)N1CCN(S(=O)(=O)Cc2ccccc2)CC1. The molecule has 6 nitrogen and oxygen atoms in total. The molecule has 1 aliphatic rings. The average molecular weight is 339 g/mol. The lowest BCUT2D eigenvalue weighted by Crippen LogP contribution is -2.52. The van der Waals surface area contributed by atoms with E-state index in [1.54, 1.807) is 4.90 Å². The van der Waals surface area contributed by atoms with Gasteiger partial charge in [0.1, 0.15) is 0 Å². The fraction of sp³-hybridized carbons (Fsp3) is 0.562. The Bertz CT molecular complexity index is 611. The molecule has 1 aromatic carbocycles. The summed E-state index contributed by atoms with van der Waals surface area (Å²) in [7, 11) is -1.52. The maximum Gasteiger partial charge on any atom is 0.226 e. The van der Waals surface area contributed by atoms with E-state index < -0.39 is 10.0 Å². The van der Waals surface area contributed by atoms with Gasteiger partial charge in [0.25, 0.3) is 0 Å². The predicted octanol–water partition coefficient (Wildman–Crippen LogP) is 0.516. The first-order chi connectivity index (χ1) is 10.9. The van der Waals surface area contributed by atoms with Gasteiger partial charge in [-0.25, -0.2) is 8.42 Å². The number of carbonyl (C=O) groups is 1. The van der Waals surface area contributed by atoms with Crippen LogP contribution in [0, 0.1) is 5.92 Å². The van der Waals surface area contributed by atoms with Crippen molar-refractivity contribution in [2.75, 3.05) is 39.8 Å². The number of hydrogen-bond acceptors (Lipinski definition) is 4. The van der Waals surface area contributed by atoms with E-state index in [4.69, 9.17) is 0 Å². The van der Waals surface area contributed by atoms with Gasteiger partial charge >= 0.3 is 0 Å². The molecule has 1 aliphatic heterocycles. The summed E-state index contributed by atoms with van der Waals surface area (Å²) < 4.78 is 26.5. The molecule has 1 saturated heterocycles. The Kier molecular flexibility index (Phi) is 6.15. The monoisotopic (exact) mass is 339 g/mol. The molecular weight excluding hydrogens is 314 g/mol. The van der Waals surface area contributed by atoms with Gasteiger partial charge in [0.2, 0.25) is 15.9 Å². The number of amides is 1. The molecule has 0 spiro atoms. The lowest BCUT2D eigenvalue weighted by Gasteiger charge is -2.35. The van der Waals surface area contributed by atoms with E-state index in [2.05, 4.69) is 5.32 Å². The normalized spacial score (nSPS) is 17.9. The molecule has 0 aromatic heterocycles. The highest BCUT2D eigenvalue weighted by Crippen LogP contribution is 2.14. The third kappa shape index (κ3) is 4.76. The molecule has 128 valence electrons. The third-order valence-electron chi connectivity index (χ3n) is 4.07. The van der Waals surface area contributed by atoms with Crippen LogP contribution in [-0.2, 0) is 20.6 Å². The van der Waals surface area contributed by atoms with Crippen LogP contribution in [0.4, 0.5) is 0 Å². The van der Waals surface area contributed by atoms with E-state index in [0.717, 1.165) is 5.56 Å². The van der Waals surface area contributed by atoms with Crippen molar-refractivity contribution in [2.24, 2.45) is 5.92 Å². The van der Waals surface area contributed by atoms with Gasteiger partial charge in [-0.15, -0.1) is 0 Å². The Morgan fingerprint density at radius 2 is 1.78 bits per heavy atom. The number of nitrogens with zero attached hydrogens (tertiary/aromatic N) is 2. The van der Waals surface area contributed by atoms with E-state index in [9.17, 15) is 13.2 Å². The van der Waals surface area contributed by atoms with Crippen LogP contribution in [-0.4, -0.2) is 63.3 Å². The highest BCUT2D eigenvalue weighted by atomic mass is 32.2. The van der Waals surface area contributed by atoms with Crippen molar-refractivity contribution in [3.63, 3.8) is 0 Å². The standard InChI is InChI=1S/C16H25N3O3S/c1-14(12-17-2)16(20)18-8-10-19(11-9-18)23(21,22)13-15-6-4-3-5-7-15/h3-7,14,17H,8-13H2,1-2H3. The first-order valence-corrected chi connectivity index (χ1v) is 9.50. The first kappa shape index (κ1) is 17.9. The summed E-state index contributed by atoms with van der Waals surface area (Å²) in [5.41, 5.74) is 0.786. The number of piperazine rings is 1. The van der Waals surface area contributed by atoms with Crippen LogP contribution in [0.1, 0.15) is 12.5 Å². The second-order valence-electron chi connectivity index (χ2n) is 5.92. The summed E-state index contributed by atoms with van der Waals surface area (Å²) in [5.74, 6) is 0.00438. The topological polar surface area (TPSA) is 69.7 Å². The fourth-order valence-electron chi connectivity index (χ4n) is 2.77. The number of nitrogens with one attached hydrogen (secondary N) is 1. The zero-order valence-corrected chi connectivity index (χ0v) is 14.6. The smallest absolute Gasteiger partial charge is 0.226 e. The Morgan fingerprint density at radius 3 is 2.35 bits per heavy atom. The summed E-state index contributed by atoms with van der Waals surface area (Å²) in [5, 5.41) is 2.99. The van der Waals surface area contributed by atoms with Crippen molar-refractivity contribution in [3.05, 3.63) is 35.9 Å². The largest absolute Gasteiger partial charge is 0.340 e. The summed E-state index contributed by atoms with van der Waals surface area (Å²) in [6.45, 7) is 4.17. The van der Waals surface area contributed by atoms with Gasteiger partial charge < -0.3 is 10.2 Å². The Balaban J connectivity index is 1.92. The van der Waals surface area contributed by atoms with Crippen LogP contribution in [0.3, 0.4) is 0 Å². The lowest BCUT2D eigenvalue weighted by molar-refractivity contribution is -0.136. The van der Waals surface area contributed by atoms with Crippen molar-refractivity contribution in [1.29, 1.82) is 0 Å². The van der Waals surface area contributed by atoms with Crippen molar-refractivity contribution in [1.82, 2.24) is 14.5 Å². The van der Waals surface area contributed by atoms with Crippen LogP contribution in [0.2, 0.25) is 0 Å². The molecule has 0 radical (unpaired) electrons. The number of hydrogen-bond donors (Lipinski definition) is 1. The molecule has 1 N–H and O–H groups in total. The van der Waals surface area contributed by atoms with Gasteiger partial charge in [-0.1, -0.05) is 37.3 Å². The molecule has 1 atom stereocenters. The van der Waals surface area contributed by atoms with E-state index in [-0.39, 0.29) is 17.6 Å². The van der Waals surface area contributed by atoms with E-state index in [1.165, 1.54) is 4.31 Å². The van der Waals surface area contributed by atoms with Gasteiger partial charge in [-0.05, 0) is 12.6 Å². The Morgan fingerprint density at radius 1 is 1.17 bits per heavy atom. The molecule has 1 amide bonds. The fourth-order valence-corrected chi connectivity index (χ4v) is 4.28. The van der Waals surface area contributed by atoms with Crippen LogP contribution < -0.4 is 5.32 Å². The molecule has 1 heterocycles. The molecular formula is C16H25N3O3S. The van der Waals surface area contributed by atoms with E-state index >= 15 is 0 Å². The zero-order valence-electron chi connectivity index (χ0n) is 13.7. The maximum atomic E-state index is 12.5. The van der Waals surface area contributed by atoms with Crippen LogP contribution in [0.5, 0.6) is 0 Å². The zero-order chi connectivity index (χ0) is 16.9. The minimum absolute atomic E-state index is 0.0118. The molecule has 1 fully saturated rings. The molecule has 1 aromatic rings. The van der Waals surface area contributed by atoms with Crippen molar-refractivity contribution in [3.8, 4) is 0 Å². The highest BCUT2D eigenvalue weighted by molar-refractivity contribution is 7.88. The molecule has 2 rings (SSSR count). The van der Waals surface area contributed by atoms with Crippen LogP contribution in [0.25, 0.3) is 0 Å². The van der Waals surface area contributed by atoms with Crippen LogP contribution in [0.15, 0.2) is 30.3 Å². The minimum Gasteiger partial charge on any atom is -0.340 e. The molecule has 0 saturated carbocycles. The second-order valence-corrected chi connectivity index (χ2v) is 7.89. The molecule has 0 aliphatic carbocycles. The summed E-state index contributed by atoms with van der Waals surface area (Å²) in [6.07, 6.45) is 0. The van der Waals surface area contributed by atoms with Crippen molar-refractivity contribution in [2.45, 2.75) is 12.7 Å². The average Bonchev–Trinajstić information content (AvgIpc) is 2.55. The Labute approximate surface area is 138 Å². The van der Waals surface area contributed by atoms with Gasteiger partial charge in [-0.3, -0.25) is 4.79 Å². The highest BCUT2D eigenvalue weighted by Gasteiger charge is 2.30. The van der Waals surface area contributed by atoms with Crippen LogP contribution >= 0.6 is 0 Å².